The van der Waals surface area contributed by atoms with Crippen LogP contribution in [0.2, 0.25) is 0 Å². The second-order valence-electron chi connectivity index (χ2n) is 5.76. The van der Waals surface area contributed by atoms with Crippen molar-refractivity contribution >= 4 is 22.6 Å². The topological polar surface area (TPSA) is 9.23 Å². The van der Waals surface area contributed by atoms with Crippen molar-refractivity contribution in [3.8, 4) is 5.75 Å². The van der Waals surface area contributed by atoms with Crippen LogP contribution in [0, 0.1) is 0 Å². The standard InChI is InChI=1S/C15H21IO/c1-14(2,16)12-6-8-13(9-7-12)17-15(3)10-4-5-11-15/h6-9H,4-5,10-11H2,1-3H3. The summed E-state index contributed by atoms with van der Waals surface area (Å²) in [5, 5.41) is 0. The third-order valence-electron chi connectivity index (χ3n) is 3.57. The normalized spacial score (nSPS) is 19.3. The molecule has 0 saturated heterocycles. The first-order chi connectivity index (χ1) is 7.89. The molecule has 0 N–H and O–H groups in total. The summed E-state index contributed by atoms with van der Waals surface area (Å²) < 4.78 is 6.32. The van der Waals surface area contributed by atoms with E-state index in [1.807, 2.05) is 0 Å². The summed E-state index contributed by atoms with van der Waals surface area (Å²) in [7, 11) is 0. The molecule has 0 bridgehead atoms. The van der Waals surface area contributed by atoms with Gasteiger partial charge in [0.15, 0.2) is 0 Å². The minimum atomic E-state index is 0.0708. The lowest BCUT2D eigenvalue weighted by Crippen LogP contribution is -2.28. The molecule has 1 aromatic rings. The van der Waals surface area contributed by atoms with E-state index in [-0.39, 0.29) is 9.02 Å². The molecule has 2 rings (SSSR count). The van der Waals surface area contributed by atoms with Crippen LogP contribution >= 0.6 is 22.6 Å². The Kier molecular flexibility index (Phi) is 3.71. The van der Waals surface area contributed by atoms with E-state index in [2.05, 4.69) is 67.6 Å². The Hall–Kier alpha value is -0.250. The van der Waals surface area contributed by atoms with Crippen LogP contribution in [0.4, 0.5) is 0 Å². The molecule has 0 radical (unpaired) electrons. The predicted octanol–water partition coefficient (Wildman–Crippen LogP) is 5.07. The van der Waals surface area contributed by atoms with Crippen molar-refractivity contribution in [2.24, 2.45) is 0 Å². The monoisotopic (exact) mass is 344 g/mol. The molecule has 1 saturated carbocycles. The number of hydrogen-bond donors (Lipinski definition) is 0. The van der Waals surface area contributed by atoms with Gasteiger partial charge in [-0.25, -0.2) is 0 Å². The van der Waals surface area contributed by atoms with E-state index in [1.54, 1.807) is 0 Å². The predicted molar refractivity (Wildman–Crippen MR) is 81.0 cm³/mol. The number of ether oxygens (including phenoxy) is 1. The number of alkyl halides is 1. The zero-order chi connectivity index (χ0) is 12.5. The molecule has 1 aliphatic carbocycles. The van der Waals surface area contributed by atoms with Crippen LogP contribution in [-0.2, 0) is 3.42 Å². The highest BCUT2D eigenvalue weighted by molar-refractivity contribution is 14.1. The molecule has 94 valence electrons. The van der Waals surface area contributed by atoms with Crippen molar-refractivity contribution in [3.63, 3.8) is 0 Å². The molecule has 0 unspecified atom stereocenters. The van der Waals surface area contributed by atoms with Crippen molar-refractivity contribution in [1.29, 1.82) is 0 Å². The van der Waals surface area contributed by atoms with Crippen LogP contribution in [0.25, 0.3) is 0 Å². The van der Waals surface area contributed by atoms with Crippen molar-refractivity contribution in [2.45, 2.75) is 55.5 Å². The molecule has 1 aliphatic rings. The van der Waals surface area contributed by atoms with Crippen LogP contribution in [0.1, 0.15) is 52.0 Å². The van der Waals surface area contributed by atoms with Gasteiger partial charge in [0.25, 0.3) is 0 Å². The minimum Gasteiger partial charge on any atom is -0.488 e. The molecular formula is C15H21IO. The number of rotatable bonds is 3. The average Bonchev–Trinajstić information content (AvgIpc) is 2.64. The van der Waals surface area contributed by atoms with Crippen molar-refractivity contribution in [2.75, 3.05) is 0 Å². The van der Waals surface area contributed by atoms with Gasteiger partial charge in [0.2, 0.25) is 0 Å². The zero-order valence-electron chi connectivity index (χ0n) is 10.9. The summed E-state index contributed by atoms with van der Waals surface area (Å²) in [6.45, 7) is 6.68. The van der Waals surface area contributed by atoms with Gasteiger partial charge in [-0.05, 0) is 64.2 Å². The molecule has 0 atom stereocenters. The first-order valence-electron chi connectivity index (χ1n) is 6.38. The van der Waals surface area contributed by atoms with Crippen LogP contribution < -0.4 is 4.74 Å². The SMILES string of the molecule is CC1(Oc2ccc(C(C)(C)I)cc2)CCCC1. The summed E-state index contributed by atoms with van der Waals surface area (Å²) >= 11 is 2.47. The fraction of sp³-hybridized carbons (Fsp3) is 0.600. The molecule has 1 aromatic carbocycles. The molecule has 0 aromatic heterocycles. The van der Waals surface area contributed by atoms with E-state index >= 15 is 0 Å². The van der Waals surface area contributed by atoms with Crippen molar-refractivity contribution in [3.05, 3.63) is 29.8 Å². The molecule has 0 aliphatic heterocycles. The second-order valence-corrected chi connectivity index (χ2v) is 8.45. The largest absolute Gasteiger partial charge is 0.488 e. The van der Waals surface area contributed by atoms with E-state index < -0.39 is 0 Å². The zero-order valence-corrected chi connectivity index (χ0v) is 13.1. The smallest absolute Gasteiger partial charge is 0.120 e. The maximum Gasteiger partial charge on any atom is 0.120 e. The highest BCUT2D eigenvalue weighted by Gasteiger charge is 2.30. The maximum atomic E-state index is 6.13. The van der Waals surface area contributed by atoms with E-state index in [4.69, 9.17) is 4.74 Å². The maximum absolute atomic E-state index is 6.13. The van der Waals surface area contributed by atoms with Crippen LogP contribution in [0.3, 0.4) is 0 Å². The highest BCUT2D eigenvalue weighted by Crippen LogP contribution is 2.35. The molecule has 17 heavy (non-hydrogen) atoms. The van der Waals surface area contributed by atoms with Crippen LogP contribution in [-0.4, -0.2) is 5.60 Å². The minimum absolute atomic E-state index is 0.0708. The van der Waals surface area contributed by atoms with Crippen molar-refractivity contribution in [1.82, 2.24) is 0 Å². The second kappa shape index (κ2) is 4.79. The van der Waals surface area contributed by atoms with Crippen molar-refractivity contribution < 1.29 is 4.74 Å². The molecule has 2 heteroatoms. The first-order valence-corrected chi connectivity index (χ1v) is 7.45. The van der Waals surface area contributed by atoms with Gasteiger partial charge in [-0.3, -0.25) is 0 Å². The summed E-state index contributed by atoms with van der Waals surface area (Å²) in [6, 6.07) is 8.58. The molecule has 1 fully saturated rings. The van der Waals surface area contributed by atoms with Crippen LogP contribution in [0.15, 0.2) is 24.3 Å². The van der Waals surface area contributed by atoms with E-state index in [0.717, 1.165) is 5.75 Å². The van der Waals surface area contributed by atoms with Gasteiger partial charge in [-0.1, -0.05) is 34.7 Å². The number of benzene rings is 1. The summed E-state index contributed by atoms with van der Waals surface area (Å²) in [5.74, 6) is 1.01. The molecule has 1 nitrogen and oxygen atoms in total. The van der Waals surface area contributed by atoms with Gasteiger partial charge in [0.1, 0.15) is 11.4 Å². The highest BCUT2D eigenvalue weighted by atomic mass is 127. The lowest BCUT2D eigenvalue weighted by molar-refractivity contribution is 0.0968. The Morgan fingerprint density at radius 2 is 1.65 bits per heavy atom. The fourth-order valence-electron chi connectivity index (χ4n) is 2.43. The lowest BCUT2D eigenvalue weighted by atomic mass is 10.0. The van der Waals surface area contributed by atoms with E-state index in [9.17, 15) is 0 Å². The third kappa shape index (κ3) is 3.36. The number of hydrogen-bond acceptors (Lipinski definition) is 1. The summed E-state index contributed by atoms with van der Waals surface area (Å²) in [4.78, 5) is 0. The summed E-state index contributed by atoms with van der Waals surface area (Å²) in [5.41, 5.74) is 1.42. The Balaban J connectivity index is 2.08. The number of halogens is 1. The Morgan fingerprint density at radius 3 is 2.12 bits per heavy atom. The Labute approximate surface area is 118 Å². The Bertz CT molecular complexity index is 369. The third-order valence-corrected chi connectivity index (χ3v) is 4.19. The van der Waals surface area contributed by atoms with Gasteiger partial charge in [0, 0.05) is 3.42 Å². The first kappa shape index (κ1) is 13.2. The average molecular weight is 344 g/mol. The summed E-state index contributed by atoms with van der Waals surface area (Å²) in [6.07, 6.45) is 4.98. The Morgan fingerprint density at radius 1 is 1.12 bits per heavy atom. The van der Waals surface area contributed by atoms with Gasteiger partial charge in [0.05, 0.1) is 0 Å². The van der Waals surface area contributed by atoms with E-state index in [0.29, 0.717) is 0 Å². The molecule has 0 spiro atoms. The molecular weight excluding hydrogens is 323 g/mol. The quantitative estimate of drug-likeness (QED) is 0.550. The molecule has 0 amide bonds. The lowest BCUT2D eigenvalue weighted by Gasteiger charge is -2.26. The van der Waals surface area contributed by atoms with Crippen LogP contribution in [0.5, 0.6) is 5.75 Å². The van der Waals surface area contributed by atoms with Gasteiger partial charge >= 0.3 is 0 Å². The van der Waals surface area contributed by atoms with E-state index in [1.165, 1.54) is 31.2 Å². The molecule has 0 heterocycles. The fourth-order valence-corrected chi connectivity index (χ4v) is 2.79. The van der Waals surface area contributed by atoms with Gasteiger partial charge in [-0.2, -0.15) is 0 Å². The van der Waals surface area contributed by atoms with Gasteiger partial charge in [-0.15, -0.1) is 0 Å². The van der Waals surface area contributed by atoms with Gasteiger partial charge < -0.3 is 4.74 Å².